The maximum atomic E-state index is 12.9. The highest BCUT2D eigenvalue weighted by atomic mass is 16.2. The van der Waals surface area contributed by atoms with Crippen molar-refractivity contribution in [2.45, 2.75) is 39.0 Å². The summed E-state index contributed by atoms with van der Waals surface area (Å²) in [7, 11) is 3.54. The Bertz CT molecular complexity index is 768. The first-order chi connectivity index (χ1) is 11.8. The number of hydrogen-bond donors (Lipinski definition) is 0. The summed E-state index contributed by atoms with van der Waals surface area (Å²) in [4.78, 5) is 41.6. The molecule has 2 saturated heterocycles. The molecule has 25 heavy (non-hydrogen) atoms. The molecule has 0 unspecified atom stereocenters. The standard InChI is InChI=1S/C19H27N3O3/c1-13(2)15-7-6-14(16(23)21(15)4)17(24)22-11-9-19(12-22)8-5-10-20(3)18(19)25/h6-7,13H,5,8-12H2,1-4H3/t19-/m1/s1. The van der Waals surface area contributed by atoms with Gasteiger partial charge in [0.15, 0.2) is 0 Å². The van der Waals surface area contributed by atoms with Crippen LogP contribution in [0.1, 0.15) is 55.1 Å². The van der Waals surface area contributed by atoms with Gasteiger partial charge in [-0.25, -0.2) is 0 Å². The summed E-state index contributed by atoms with van der Waals surface area (Å²) in [5.41, 5.74) is 0.388. The second kappa shape index (κ2) is 6.32. The lowest BCUT2D eigenvalue weighted by Gasteiger charge is -2.37. The van der Waals surface area contributed by atoms with Gasteiger partial charge >= 0.3 is 0 Å². The quantitative estimate of drug-likeness (QED) is 0.818. The van der Waals surface area contributed by atoms with Crippen molar-refractivity contribution in [3.05, 3.63) is 33.7 Å². The smallest absolute Gasteiger partial charge is 0.263 e. The molecule has 6 nitrogen and oxygen atoms in total. The van der Waals surface area contributed by atoms with Gasteiger partial charge in [0.25, 0.3) is 11.5 Å². The minimum absolute atomic E-state index is 0.136. The van der Waals surface area contributed by atoms with Crippen molar-refractivity contribution >= 4 is 11.8 Å². The largest absolute Gasteiger partial charge is 0.345 e. The van der Waals surface area contributed by atoms with Gasteiger partial charge in [0, 0.05) is 39.4 Å². The van der Waals surface area contributed by atoms with Gasteiger partial charge in [0.2, 0.25) is 5.91 Å². The normalized spacial score (nSPS) is 23.8. The molecular formula is C19H27N3O3. The van der Waals surface area contributed by atoms with Gasteiger partial charge in [-0.05, 0) is 37.3 Å². The first kappa shape index (κ1) is 17.7. The Balaban J connectivity index is 1.85. The monoisotopic (exact) mass is 345 g/mol. The molecule has 2 aliphatic heterocycles. The van der Waals surface area contributed by atoms with Crippen LogP contribution in [0.15, 0.2) is 16.9 Å². The molecule has 6 heteroatoms. The van der Waals surface area contributed by atoms with E-state index in [2.05, 4.69) is 0 Å². The zero-order valence-corrected chi connectivity index (χ0v) is 15.5. The molecule has 3 rings (SSSR count). The van der Waals surface area contributed by atoms with Crippen LogP contribution in [0.25, 0.3) is 0 Å². The summed E-state index contributed by atoms with van der Waals surface area (Å²) in [6, 6.07) is 3.49. The van der Waals surface area contributed by atoms with Gasteiger partial charge in [-0.3, -0.25) is 14.4 Å². The van der Waals surface area contributed by atoms with Crippen molar-refractivity contribution in [2.75, 3.05) is 26.7 Å². The Labute approximate surface area is 148 Å². The van der Waals surface area contributed by atoms with Crippen LogP contribution in [-0.2, 0) is 11.8 Å². The van der Waals surface area contributed by atoms with Crippen molar-refractivity contribution in [3.8, 4) is 0 Å². The fraction of sp³-hybridized carbons (Fsp3) is 0.632. The number of aromatic nitrogens is 1. The van der Waals surface area contributed by atoms with Crippen LogP contribution in [-0.4, -0.2) is 52.9 Å². The third-order valence-electron chi connectivity index (χ3n) is 5.76. The molecular weight excluding hydrogens is 318 g/mol. The van der Waals surface area contributed by atoms with E-state index in [9.17, 15) is 14.4 Å². The minimum atomic E-state index is -0.453. The highest BCUT2D eigenvalue weighted by Crippen LogP contribution is 2.39. The first-order valence-corrected chi connectivity index (χ1v) is 9.01. The van der Waals surface area contributed by atoms with Gasteiger partial charge in [0.05, 0.1) is 5.41 Å². The molecule has 0 radical (unpaired) electrons. The molecule has 0 aromatic carbocycles. The molecule has 136 valence electrons. The van der Waals surface area contributed by atoms with Crippen LogP contribution in [0, 0.1) is 5.41 Å². The Morgan fingerprint density at radius 3 is 2.52 bits per heavy atom. The lowest BCUT2D eigenvalue weighted by atomic mass is 9.78. The lowest BCUT2D eigenvalue weighted by molar-refractivity contribution is -0.143. The molecule has 2 fully saturated rings. The SMILES string of the molecule is CC(C)c1ccc(C(=O)N2CC[C@]3(CCCN(C)C3=O)C2)c(=O)n1C. The molecule has 3 heterocycles. The molecule has 0 saturated carbocycles. The Morgan fingerprint density at radius 2 is 1.84 bits per heavy atom. The summed E-state index contributed by atoms with van der Waals surface area (Å²) in [6.45, 7) is 5.78. The van der Waals surface area contributed by atoms with Crippen LogP contribution in [0.4, 0.5) is 0 Å². The highest BCUT2D eigenvalue weighted by molar-refractivity contribution is 5.95. The molecule has 0 bridgehead atoms. The molecule has 1 atom stereocenters. The predicted molar refractivity (Wildman–Crippen MR) is 95.6 cm³/mol. The van der Waals surface area contributed by atoms with E-state index < -0.39 is 5.41 Å². The van der Waals surface area contributed by atoms with E-state index in [4.69, 9.17) is 0 Å². The number of piperidine rings is 1. The molecule has 0 N–H and O–H groups in total. The summed E-state index contributed by atoms with van der Waals surface area (Å²) in [5.74, 6) is 0.0956. The van der Waals surface area contributed by atoms with Crippen molar-refractivity contribution < 1.29 is 9.59 Å². The van der Waals surface area contributed by atoms with E-state index in [1.54, 1.807) is 27.5 Å². The number of carbonyl (C=O) groups excluding carboxylic acids is 2. The van der Waals surface area contributed by atoms with Gasteiger partial charge < -0.3 is 14.4 Å². The average molecular weight is 345 g/mol. The number of amides is 2. The van der Waals surface area contributed by atoms with E-state index in [1.165, 1.54) is 0 Å². The molecule has 1 aromatic rings. The maximum absolute atomic E-state index is 12.9. The Kier molecular flexibility index (Phi) is 4.47. The summed E-state index contributed by atoms with van der Waals surface area (Å²) >= 11 is 0. The van der Waals surface area contributed by atoms with Crippen LogP contribution in [0.5, 0.6) is 0 Å². The van der Waals surface area contributed by atoms with Crippen molar-refractivity contribution in [1.82, 2.24) is 14.4 Å². The fourth-order valence-electron chi connectivity index (χ4n) is 4.25. The fourth-order valence-corrected chi connectivity index (χ4v) is 4.25. The maximum Gasteiger partial charge on any atom is 0.263 e. The lowest BCUT2D eigenvalue weighted by Crippen LogP contribution is -2.48. The van der Waals surface area contributed by atoms with Crippen molar-refractivity contribution in [1.29, 1.82) is 0 Å². The number of carbonyl (C=O) groups is 2. The van der Waals surface area contributed by atoms with Crippen LogP contribution < -0.4 is 5.56 Å². The molecule has 2 amide bonds. The number of pyridine rings is 1. The zero-order valence-electron chi connectivity index (χ0n) is 15.5. The molecule has 1 aromatic heterocycles. The Hall–Kier alpha value is -2.11. The van der Waals surface area contributed by atoms with Gasteiger partial charge in [-0.2, -0.15) is 0 Å². The van der Waals surface area contributed by atoms with Crippen LogP contribution in [0.3, 0.4) is 0 Å². The van der Waals surface area contributed by atoms with Crippen molar-refractivity contribution in [3.63, 3.8) is 0 Å². The number of rotatable bonds is 2. The predicted octanol–water partition coefficient (Wildman–Crippen LogP) is 1.59. The molecule has 1 spiro atoms. The van der Waals surface area contributed by atoms with E-state index in [0.717, 1.165) is 25.1 Å². The van der Waals surface area contributed by atoms with E-state index in [-0.39, 0.29) is 28.9 Å². The number of hydrogen-bond acceptors (Lipinski definition) is 3. The first-order valence-electron chi connectivity index (χ1n) is 9.01. The van der Waals surface area contributed by atoms with Crippen LogP contribution in [0.2, 0.25) is 0 Å². The number of likely N-dealkylation sites (tertiary alicyclic amines) is 2. The van der Waals surface area contributed by atoms with Gasteiger partial charge in [0.1, 0.15) is 5.56 Å². The zero-order chi connectivity index (χ0) is 18.4. The van der Waals surface area contributed by atoms with Gasteiger partial charge in [-0.1, -0.05) is 13.8 Å². The molecule has 2 aliphatic rings. The number of nitrogens with zero attached hydrogens (tertiary/aromatic N) is 3. The van der Waals surface area contributed by atoms with E-state index in [1.807, 2.05) is 27.0 Å². The van der Waals surface area contributed by atoms with Crippen LogP contribution >= 0.6 is 0 Å². The topological polar surface area (TPSA) is 62.6 Å². The van der Waals surface area contributed by atoms with Crippen molar-refractivity contribution in [2.24, 2.45) is 12.5 Å². The van der Waals surface area contributed by atoms with E-state index in [0.29, 0.717) is 19.5 Å². The second-order valence-electron chi connectivity index (χ2n) is 7.78. The highest BCUT2D eigenvalue weighted by Gasteiger charge is 2.48. The third kappa shape index (κ3) is 2.87. The molecule has 0 aliphatic carbocycles. The Morgan fingerprint density at radius 1 is 1.12 bits per heavy atom. The second-order valence-corrected chi connectivity index (χ2v) is 7.78. The summed E-state index contributed by atoms with van der Waals surface area (Å²) in [6.07, 6.45) is 2.48. The third-order valence-corrected chi connectivity index (χ3v) is 5.76. The summed E-state index contributed by atoms with van der Waals surface area (Å²) < 4.78 is 1.56. The van der Waals surface area contributed by atoms with Gasteiger partial charge in [-0.15, -0.1) is 0 Å². The minimum Gasteiger partial charge on any atom is -0.345 e. The summed E-state index contributed by atoms with van der Waals surface area (Å²) in [5, 5.41) is 0. The average Bonchev–Trinajstić information content (AvgIpc) is 2.99. The van der Waals surface area contributed by atoms with E-state index >= 15 is 0 Å².